The third kappa shape index (κ3) is 8.23. The molecule has 0 aromatic heterocycles. The zero-order valence-electron chi connectivity index (χ0n) is 22.4. The molecular weight excluding hydrogens is 456 g/mol. The molecule has 1 aromatic carbocycles. The van der Waals surface area contributed by atoms with Gasteiger partial charge < -0.3 is 14.2 Å². The van der Waals surface area contributed by atoms with Crippen LogP contribution in [0.25, 0.3) is 6.08 Å². The second kappa shape index (κ2) is 15.1. The highest BCUT2D eigenvalue weighted by Gasteiger charge is 2.35. The number of rotatable bonds is 15. The van der Waals surface area contributed by atoms with E-state index in [4.69, 9.17) is 14.2 Å². The summed E-state index contributed by atoms with van der Waals surface area (Å²) in [7, 11) is 0. The summed E-state index contributed by atoms with van der Waals surface area (Å²) in [6.45, 7) is 11.3. The molecule has 0 unspecified atom stereocenters. The quantitative estimate of drug-likeness (QED) is 0.172. The van der Waals surface area contributed by atoms with Crippen LogP contribution in [0.1, 0.15) is 78.7 Å². The molecule has 0 aliphatic carbocycles. The third-order valence-electron chi connectivity index (χ3n) is 5.89. The van der Waals surface area contributed by atoms with Crippen molar-refractivity contribution >= 4 is 17.9 Å². The number of ether oxygens (including phenoxy) is 3. The lowest BCUT2D eigenvalue weighted by molar-refractivity contribution is -0.140. The first-order valence-electron chi connectivity index (χ1n) is 13.0. The van der Waals surface area contributed by atoms with Gasteiger partial charge in [0, 0.05) is 18.7 Å². The molecule has 0 fully saturated rings. The van der Waals surface area contributed by atoms with Gasteiger partial charge in [-0.15, -0.1) is 0 Å². The lowest BCUT2D eigenvalue weighted by Crippen LogP contribution is -2.43. The van der Waals surface area contributed by atoms with Crippen molar-refractivity contribution in [3.8, 4) is 17.6 Å². The van der Waals surface area contributed by atoms with Gasteiger partial charge in [-0.3, -0.25) is 14.5 Å². The highest BCUT2D eigenvalue weighted by molar-refractivity contribution is 6.19. The molecule has 0 saturated carbocycles. The largest absolute Gasteiger partial charge is 0.490 e. The zero-order chi connectivity index (χ0) is 26.5. The van der Waals surface area contributed by atoms with Crippen molar-refractivity contribution in [2.45, 2.75) is 79.2 Å². The second-order valence-electron chi connectivity index (χ2n) is 9.11. The summed E-state index contributed by atoms with van der Waals surface area (Å²) in [6.07, 6.45) is 8.04. The Labute approximate surface area is 215 Å². The summed E-state index contributed by atoms with van der Waals surface area (Å²) in [5, 5.41) is 9.61. The average molecular weight is 497 g/mol. The molecule has 1 aromatic rings. The number of hydrogen-bond acceptors (Lipinski definition) is 6. The molecule has 196 valence electrons. The highest BCUT2D eigenvalue weighted by atomic mass is 16.5. The number of imide groups is 1. The van der Waals surface area contributed by atoms with Gasteiger partial charge in [0.05, 0.1) is 19.3 Å². The SMILES string of the molecule is CCCCCCCOc1ccc(/C=C2/C(=O)N(CCCOC(C)C)C(=O)C(C#N)=C2C)cc1OCC. The molecule has 0 radical (unpaired) electrons. The molecule has 0 saturated heterocycles. The number of benzene rings is 1. The van der Waals surface area contributed by atoms with Gasteiger partial charge in [0.25, 0.3) is 11.8 Å². The van der Waals surface area contributed by atoms with Gasteiger partial charge in [-0.25, -0.2) is 0 Å². The van der Waals surface area contributed by atoms with E-state index in [-0.39, 0.29) is 18.2 Å². The zero-order valence-corrected chi connectivity index (χ0v) is 22.4. The van der Waals surface area contributed by atoms with Crippen molar-refractivity contribution in [1.82, 2.24) is 4.90 Å². The van der Waals surface area contributed by atoms with Gasteiger partial charge in [-0.1, -0.05) is 38.7 Å². The van der Waals surface area contributed by atoms with Crippen LogP contribution in [0, 0.1) is 11.3 Å². The van der Waals surface area contributed by atoms with E-state index in [0.29, 0.717) is 48.9 Å². The Morgan fingerprint density at radius 1 is 0.972 bits per heavy atom. The normalized spacial score (nSPS) is 15.1. The summed E-state index contributed by atoms with van der Waals surface area (Å²) < 4.78 is 17.3. The molecule has 1 aliphatic heterocycles. The third-order valence-corrected chi connectivity index (χ3v) is 5.89. The fourth-order valence-electron chi connectivity index (χ4n) is 3.93. The lowest BCUT2D eigenvalue weighted by atomic mass is 9.93. The molecule has 0 bridgehead atoms. The summed E-state index contributed by atoms with van der Waals surface area (Å²) in [6, 6.07) is 7.50. The van der Waals surface area contributed by atoms with Gasteiger partial charge in [-0.2, -0.15) is 5.26 Å². The maximum atomic E-state index is 13.3. The van der Waals surface area contributed by atoms with E-state index in [1.54, 1.807) is 13.0 Å². The fourth-order valence-corrected chi connectivity index (χ4v) is 3.93. The molecule has 2 amide bonds. The van der Waals surface area contributed by atoms with Crippen LogP contribution in [0.5, 0.6) is 11.5 Å². The van der Waals surface area contributed by atoms with Crippen LogP contribution >= 0.6 is 0 Å². The van der Waals surface area contributed by atoms with Crippen LogP contribution in [0.3, 0.4) is 0 Å². The molecule has 0 atom stereocenters. The minimum Gasteiger partial charge on any atom is -0.490 e. The van der Waals surface area contributed by atoms with Crippen molar-refractivity contribution in [3.05, 3.63) is 40.5 Å². The van der Waals surface area contributed by atoms with E-state index in [1.165, 1.54) is 19.3 Å². The van der Waals surface area contributed by atoms with E-state index in [9.17, 15) is 14.9 Å². The second-order valence-corrected chi connectivity index (χ2v) is 9.11. The van der Waals surface area contributed by atoms with Crippen molar-refractivity contribution in [1.29, 1.82) is 5.26 Å². The maximum absolute atomic E-state index is 13.3. The van der Waals surface area contributed by atoms with Gasteiger partial charge >= 0.3 is 0 Å². The van der Waals surface area contributed by atoms with Crippen molar-refractivity contribution in [2.75, 3.05) is 26.4 Å². The van der Waals surface area contributed by atoms with Crippen molar-refractivity contribution in [2.24, 2.45) is 0 Å². The monoisotopic (exact) mass is 496 g/mol. The fraction of sp³-hybridized carbons (Fsp3) is 0.552. The Morgan fingerprint density at radius 3 is 2.39 bits per heavy atom. The molecule has 2 rings (SSSR count). The average Bonchev–Trinajstić information content (AvgIpc) is 2.85. The van der Waals surface area contributed by atoms with Gasteiger partial charge in [0.1, 0.15) is 11.6 Å². The molecule has 0 spiro atoms. The van der Waals surface area contributed by atoms with Gasteiger partial charge in [0.15, 0.2) is 11.5 Å². The minimum absolute atomic E-state index is 0.0151. The van der Waals surface area contributed by atoms with E-state index >= 15 is 0 Å². The Balaban J connectivity index is 2.24. The van der Waals surface area contributed by atoms with E-state index < -0.39 is 11.8 Å². The molecule has 0 N–H and O–H groups in total. The Kier molecular flexibility index (Phi) is 12.2. The highest BCUT2D eigenvalue weighted by Crippen LogP contribution is 2.32. The predicted octanol–water partition coefficient (Wildman–Crippen LogP) is 5.84. The molecule has 7 heteroatoms. The van der Waals surface area contributed by atoms with Crippen LogP contribution in [0.2, 0.25) is 0 Å². The van der Waals surface area contributed by atoms with Gasteiger partial charge in [-0.05, 0) is 69.9 Å². The number of amides is 2. The number of nitrogens with zero attached hydrogens (tertiary/aromatic N) is 2. The van der Waals surface area contributed by atoms with Crippen LogP contribution in [0.4, 0.5) is 0 Å². The summed E-state index contributed by atoms with van der Waals surface area (Å²) in [5.74, 6) is 0.298. The first-order valence-corrected chi connectivity index (χ1v) is 13.0. The van der Waals surface area contributed by atoms with E-state index in [2.05, 4.69) is 6.92 Å². The summed E-state index contributed by atoms with van der Waals surface area (Å²) in [5.41, 5.74) is 1.42. The van der Waals surface area contributed by atoms with Crippen LogP contribution in [-0.4, -0.2) is 49.2 Å². The van der Waals surface area contributed by atoms with E-state index in [0.717, 1.165) is 23.3 Å². The maximum Gasteiger partial charge on any atom is 0.271 e. The molecular formula is C29H40N2O5. The standard InChI is InChI=1S/C29H40N2O5/c1-6-8-9-10-11-16-36-26-14-13-23(19-27(26)34-7-2)18-24-22(5)25(20-30)29(33)31(28(24)32)15-12-17-35-21(3)4/h13-14,18-19,21H,6-12,15-17H2,1-5H3/b24-18+. The molecule has 7 nitrogen and oxygen atoms in total. The number of carbonyl (C=O) groups is 2. The Morgan fingerprint density at radius 2 is 1.72 bits per heavy atom. The molecule has 36 heavy (non-hydrogen) atoms. The smallest absolute Gasteiger partial charge is 0.271 e. The molecule has 1 aliphatic rings. The molecule has 1 heterocycles. The number of nitriles is 1. The van der Waals surface area contributed by atoms with Crippen LogP contribution in [0.15, 0.2) is 34.9 Å². The predicted molar refractivity (Wildman–Crippen MR) is 141 cm³/mol. The first-order chi connectivity index (χ1) is 17.3. The van der Waals surface area contributed by atoms with Crippen LogP contribution in [-0.2, 0) is 14.3 Å². The number of hydrogen-bond donors (Lipinski definition) is 0. The Bertz CT molecular complexity index is 1000. The Hall–Kier alpha value is -3.11. The van der Waals surface area contributed by atoms with Crippen molar-refractivity contribution < 1.29 is 23.8 Å². The number of carbonyl (C=O) groups excluding carboxylic acids is 2. The van der Waals surface area contributed by atoms with Gasteiger partial charge in [0.2, 0.25) is 0 Å². The summed E-state index contributed by atoms with van der Waals surface area (Å²) >= 11 is 0. The van der Waals surface area contributed by atoms with Crippen LogP contribution < -0.4 is 9.47 Å². The topological polar surface area (TPSA) is 88.9 Å². The van der Waals surface area contributed by atoms with Crippen molar-refractivity contribution in [3.63, 3.8) is 0 Å². The van der Waals surface area contributed by atoms with E-state index in [1.807, 2.05) is 45.0 Å². The number of unbranched alkanes of at least 4 members (excludes halogenated alkanes) is 4. The lowest BCUT2D eigenvalue weighted by Gasteiger charge is -2.27. The first kappa shape index (κ1) is 29.1. The summed E-state index contributed by atoms with van der Waals surface area (Å²) in [4.78, 5) is 27.2. The minimum atomic E-state index is -0.556.